The van der Waals surface area contributed by atoms with Crippen LogP contribution in [0.3, 0.4) is 0 Å². The molecule has 2 rings (SSSR count). The summed E-state index contributed by atoms with van der Waals surface area (Å²) in [5, 5.41) is 0.703. The fourth-order valence-electron chi connectivity index (χ4n) is 1.71. The highest BCUT2D eigenvalue weighted by molar-refractivity contribution is 9.10. The van der Waals surface area contributed by atoms with Gasteiger partial charge in [0.2, 0.25) is 5.91 Å². The van der Waals surface area contributed by atoms with Crippen LogP contribution in [0.5, 0.6) is 0 Å². The molecule has 0 saturated carbocycles. The molecule has 0 fully saturated rings. The highest BCUT2D eigenvalue weighted by Crippen LogP contribution is 2.35. The van der Waals surface area contributed by atoms with Crippen LogP contribution in [0.2, 0.25) is 5.02 Å². The van der Waals surface area contributed by atoms with E-state index >= 15 is 0 Å². The van der Waals surface area contributed by atoms with Gasteiger partial charge in [0.1, 0.15) is 0 Å². The Morgan fingerprint density at radius 1 is 1.57 bits per heavy atom. The number of halogens is 2. The number of amides is 1. The number of benzene rings is 1. The van der Waals surface area contributed by atoms with Gasteiger partial charge in [-0.1, -0.05) is 11.6 Å². The predicted octanol–water partition coefficient (Wildman–Crippen LogP) is 3.01. The van der Waals surface area contributed by atoms with E-state index in [4.69, 9.17) is 11.6 Å². The van der Waals surface area contributed by atoms with Crippen molar-refractivity contribution in [1.29, 1.82) is 0 Å². The first kappa shape index (κ1) is 9.99. The van der Waals surface area contributed by atoms with Crippen LogP contribution in [0.4, 0.5) is 5.69 Å². The third-order valence-electron chi connectivity index (χ3n) is 2.40. The predicted molar refractivity (Wildman–Crippen MR) is 60.9 cm³/mol. The van der Waals surface area contributed by atoms with Crippen molar-refractivity contribution in [3.8, 4) is 0 Å². The Morgan fingerprint density at radius 2 is 2.29 bits per heavy atom. The lowest BCUT2D eigenvalue weighted by molar-refractivity contribution is -0.116. The molecule has 0 N–H and O–H groups in total. The molecule has 0 saturated heterocycles. The zero-order valence-corrected chi connectivity index (χ0v) is 10.0. The van der Waals surface area contributed by atoms with Crippen LogP contribution in [-0.4, -0.2) is 12.5 Å². The van der Waals surface area contributed by atoms with Crippen LogP contribution in [0.25, 0.3) is 0 Å². The molecule has 1 aliphatic rings. The van der Waals surface area contributed by atoms with Crippen LogP contribution in [0.1, 0.15) is 12.5 Å². The first-order valence-corrected chi connectivity index (χ1v) is 5.52. The molecule has 1 aromatic rings. The molecule has 0 radical (unpaired) electrons. The third-order valence-corrected chi connectivity index (χ3v) is 3.59. The minimum Gasteiger partial charge on any atom is -0.312 e. The lowest BCUT2D eigenvalue weighted by Gasteiger charge is -2.14. The zero-order chi connectivity index (χ0) is 10.3. The summed E-state index contributed by atoms with van der Waals surface area (Å²) < 4.78 is 0.839. The lowest BCUT2D eigenvalue weighted by Crippen LogP contribution is -2.25. The maximum Gasteiger partial charge on any atom is 0.223 e. The van der Waals surface area contributed by atoms with E-state index in [0.717, 1.165) is 28.7 Å². The molecule has 0 aromatic heterocycles. The van der Waals surface area contributed by atoms with E-state index in [1.807, 2.05) is 12.1 Å². The molecule has 74 valence electrons. The highest BCUT2D eigenvalue weighted by Gasteiger charge is 2.23. The summed E-state index contributed by atoms with van der Waals surface area (Å²) >= 11 is 9.32. The second kappa shape index (κ2) is 3.55. The Labute approximate surface area is 96.0 Å². The summed E-state index contributed by atoms with van der Waals surface area (Å²) in [6.07, 6.45) is 0.891. The average molecular weight is 275 g/mol. The van der Waals surface area contributed by atoms with Crippen molar-refractivity contribution >= 4 is 39.1 Å². The summed E-state index contributed by atoms with van der Waals surface area (Å²) in [6.45, 7) is 2.34. The minimum absolute atomic E-state index is 0.0815. The van der Waals surface area contributed by atoms with Gasteiger partial charge in [0.05, 0.1) is 5.02 Å². The van der Waals surface area contributed by atoms with E-state index in [9.17, 15) is 4.79 Å². The smallest absolute Gasteiger partial charge is 0.223 e. The molecule has 0 atom stereocenters. The summed E-state index contributed by atoms with van der Waals surface area (Å²) in [4.78, 5) is 13.1. The number of fused-ring (bicyclic) bond motifs is 1. The molecule has 0 aliphatic carbocycles. The van der Waals surface area contributed by atoms with Crippen molar-refractivity contribution in [2.24, 2.45) is 0 Å². The second-order valence-corrected chi connectivity index (χ2v) is 4.58. The maximum atomic E-state index is 11.3. The molecule has 0 spiro atoms. The van der Waals surface area contributed by atoms with Crippen LogP contribution in [0.15, 0.2) is 16.6 Å². The van der Waals surface area contributed by atoms with E-state index in [1.54, 1.807) is 11.8 Å². The first-order valence-electron chi connectivity index (χ1n) is 4.35. The van der Waals surface area contributed by atoms with Crippen molar-refractivity contribution in [1.82, 2.24) is 0 Å². The fourth-order valence-corrected chi connectivity index (χ4v) is 2.23. The van der Waals surface area contributed by atoms with Gasteiger partial charge in [0.15, 0.2) is 0 Å². The highest BCUT2D eigenvalue weighted by atomic mass is 79.9. The normalized spacial score (nSPS) is 14.4. The molecular formula is C10H9BrClNO. The van der Waals surface area contributed by atoms with Gasteiger partial charge in [-0.25, -0.2) is 0 Å². The van der Waals surface area contributed by atoms with Crippen LogP contribution in [-0.2, 0) is 11.2 Å². The van der Waals surface area contributed by atoms with Crippen molar-refractivity contribution in [2.45, 2.75) is 13.3 Å². The molecule has 0 unspecified atom stereocenters. The molecule has 4 heteroatoms. The molecule has 2 nitrogen and oxygen atoms in total. The van der Waals surface area contributed by atoms with Crippen LogP contribution >= 0.6 is 27.5 Å². The van der Waals surface area contributed by atoms with Gasteiger partial charge in [-0.05, 0) is 40.0 Å². The van der Waals surface area contributed by atoms with Crippen molar-refractivity contribution < 1.29 is 4.79 Å². The summed E-state index contributed by atoms with van der Waals surface area (Å²) in [7, 11) is 0. The van der Waals surface area contributed by atoms with Crippen LogP contribution < -0.4 is 4.90 Å². The van der Waals surface area contributed by atoms with Gasteiger partial charge in [0.25, 0.3) is 0 Å². The van der Waals surface area contributed by atoms with E-state index in [-0.39, 0.29) is 5.91 Å². The van der Waals surface area contributed by atoms with Gasteiger partial charge in [-0.2, -0.15) is 0 Å². The third kappa shape index (κ3) is 1.55. The topological polar surface area (TPSA) is 20.3 Å². The van der Waals surface area contributed by atoms with Gasteiger partial charge in [0, 0.05) is 23.6 Å². The van der Waals surface area contributed by atoms with E-state index in [0.29, 0.717) is 5.02 Å². The maximum absolute atomic E-state index is 11.3. The molecule has 1 aliphatic heterocycles. The van der Waals surface area contributed by atoms with Crippen molar-refractivity contribution in [3.05, 3.63) is 27.2 Å². The molecule has 1 amide bonds. The quantitative estimate of drug-likeness (QED) is 0.712. The summed E-state index contributed by atoms with van der Waals surface area (Å²) in [5.74, 6) is 0.0815. The molecular weight excluding hydrogens is 265 g/mol. The Hall–Kier alpha value is -0.540. The largest absolute Gasteiger partial charge is 0.312 e. The lowest BCUT2D eigenvalue weighted by atomic mass is 10.2. The SMILES string of the molecule is CC(=O)N1CCc2cc(Cl)c(Br)cc21. The van der Waals surface area contributed by atoms with Crippen LogP contribution in [0, 0.1) is 0 Å². The number of rotatable bonds is 0. The Morgan fingerprint density at radius 3 is 2.93 bits per heavy atom. The molecule has 14 heavy (non-hydrogen) atoms. The Kier molecular flexibility index (Phi) is 2.54. The number of carbonyl (C=O) groups excluding carboxylic acids is 1. The van der Waals surface area contributed by atoms with Gasteiger partial charge < -0.3 is 4.90 Å². The number of hydrogen-bond acceptors (Lipinski definition) is 1. The monoisotopic (exact) mass is 273 g/mol. The van der Waals surface area contributed by atoms with Gasteiger partial charge in [-0.3, -0.25) is 4.79 Å². The minimum atomic E-state index is 0.0815. The van der Waals surface area contributed by atoms with E-state index in [2.05, 4.69) is 15.9 Å². The molecule has 1 aromatic carbocycles. The van der Waals surface area contributed by atoms with Crippen molar-refractivity contribution in [3.63, 3.8) is 0 Å². The van der Waals surface area contributed by atoms with Gasteiger partial charge in [-0.15, -0.1) is 0 Å². The Bertz CT molecular complexity index is 405. The number of carbonyl (C=O) groups is 1. The zero-order valence-electron chi connectivity index (χ0n) is 7.68. The molecule has 1 heterocycles. The van der Waals surface area contributed by atoms with Gasteiger partial charge >= 0.3 is 0 Å². The molecule has 0 bridgehead atoms. The fraction of sp³-hybridized carbons (Fsp3) is 0.300. The second-order valence-electron chi connectivity index (χ2n) is 3.32. The van der Waals surface area contributed by atoms with E-state index < -0.39 is 0 Å². The summed E-state index contributed by atoms with van der Waals surface area (Å²) in [6, 6.07) is 3.83. The number of hydrogen-bond donors (Lipinski definition) is 0. The number of nitrogens with zero attached hydrogens (tertiary/aromatic N) is 1. The summed E-state index contributed by atoms with van der Waals surface area (Å²) in [5.41, 5.74) is 2.13. The standard InChI is InChI=1S/C10H9BrClNO/c1-6(14)13-3-2-7-4-9(12)8(11)5-10(7)13/h4-5H,2-3H2,1H3. The first-order chi connectivity index (χ1) is 6.59. The van der Waals surface area contributed by atoms with Crippen molar-refractivity contribution in [2.75, 3.05) is 11.4 Å². The Balaban J connectivity index is 2.50. The van der Waals surface area contributed by atoms with E-state index in [1.165, 1.54) is 0 Å². The average Bonchev–Trinajstić information content (AvgIpc) is 2.48. The number of anilines is 1.